The van der Waals surface area contributed by atoms with Crippen LogP contribution in [0.2, 0.25) is 0 Å². The maximum atomic E-state index is 12.0. The van der Waals surface area contributed by atoms with Crippen LogP contribution >= 0.6 is 0 Å². The van der Waals surface area contributed by atoms with E-state index < -0.39 is 24.0 Å². The number of benzene rings is 1. The van der Waals surface area contributed by atoms with E-state index in [2.05, 4.69) is 10.6 Å². The van der Waals surface area contributed by atoms with E-state index in [0.29, 0.717) is 18.7 Å². The van der Waals surface area contributed by atoms with Crippen molar-refractivity contribution in [2.45, 2.75) is 32.7 Å². The first-order chi connectivity index (χ1) is 11.0. The second-order valence-corrected chi connectivity index (χ2v) is 5.10. The van der Waals surface area contributed by atoms with E-state index in [9.17, 15) is 14.4 Å². The Bertz CT molecular complexity index is 527. The fourth-order valence-electron chi connectivity index (χ4n) is 2.14. The molecule has 0 heterocycles. The maximum Gasteiger partial charge on any atom is 0.325 e. The summed E-state index contributed by atoms with van der Waals surface area (Å²) < 4.78 is 0. The fraction of sp³-hybridized carbons (Fsp3) is 0.438. The molecule has 3 N–H and O–H groups in total. The number of urea groups is 2. The molecular weight excluding hydrogens is 296 g/mol. The summed E-state index contributed by atoms with van der Waals surface area (Å²) in [7, 11) is 0. The summed E-state index contributed by atoms with van der Waals surface area (Å²) in [6, 6.07) is 6.07. The van der Waals surface area contributed by atoms with Crippen molar-refractivity contribution >= 4 is 18.0 Å². The van der Waals surface area contributed by atoms with Crippen LogP contribution in [-0.4, -0.2) is 36.0 Å². The Balaban J connectivity index is 2.69. The van der Waals surface area contributed by atoms with Crippen LogP contribution in [0, 0.1) is 0 Å². The summed E-state index contributed by atoms with van der Waals surface area (Å²) in [5.41, 5.74) is 7.78. The van der Waals surface area contributed by atoms with Crippen molar-refractivity contribution in [1.29, 1.82) is 0 Å². The molecule has 0 aromatic heterocycles. The Labute approximate surface area is 136 Å². The number of nitrogens with zero attached hydrogens (tertiary/aromatic N) is 1. The number of nitrogens with one attached hydrogen (secondary N) is 3. The molecule has 1 atom stereocenters. The highest BCUT2D eigenvalue weighted by Crippen LogP contribution is 2.12. The summed E-state index contributed by atoms with van der Waals surface area (Å²) in [5, 5.41) is 4.57. The van der Waals surface area contributed by atoms with Crippen LogP contribution in [0.4, 0.5) is 9.59 Å². The quantitative estimate of drug-likeness (QED) is 0.804. The van der Waals surface area contributed by atoms with E-state index in [1.807, 2.05) is 13.8 Å². The van der Waals surface area contributed by atoms with Gasteiger partial charge in [0.25, 0.3) is 5.91 Å². The zero-order valence-electron chi connectivity index (χ0n) is 13.5. The zero-order valence-corrected chi connectivity index (χ0v) is 13.5. The minimum absolute atomic E-state index is 0.495. The molecule has 7 nitrogen and oxygen atoms in total. The smallest absolute Gasteiger partial charge is 0.324 e. The number of hydrogen-bond acceptors (Lipinski definition) is 3. The van der Waals surface area contributed by atoms with Gasteiger partial charge < -0.3 is 10.2 Å². The van der Waals surface area contributed by atoms with Gasteiger partial charge in [0.15, 0.2) is 0 Å². The van der Waals surface area contributed by atoms with Crippen LogP contribution in [0.1, 0.15) is 38.3 Å². The Morgan fingerprint density at radius 2 is 1.65 bits per heavy atom. The van der Waals surface area contributed by atoms with Gasteiger partial charge in [-0.2, -0.15) is 0 Å². The topological polar surface area (TPSA) is 102 Å². The van der Waals surface area contributed by atoms with Gasteiger partial charge in [-0.3, -0.25) is 15.8 Å². The number of carbonyl (C=O) groups excluding carboxylic acids is 3. The van der Waals surface area contributed by atoms with E-state index in [-0.39, 0.29) is 0 Å². The highest BCUT2D eigenvalue weighted by atomic mass is 16.2. The Morgan fingerprint density at radius 3 is 2.13 bits per heavy atom. The second kappa shape index (κ2) is 9.45. The fourth-order valence-corrected chi connectivity index (χ4v) is 2.14. The first-order valence-corrected chi connectivity index (χ1v) is 7.66. The van der Waals surface area contributed by atoms with Crippen LogP contribution in [0.5, 0.6) is 0 Å². The van der Waals surface area contributed by atoms with Crippen molar-refractivity contribution in [3.63, 3.8) is 0 Å². The lowest BCUT2D eigenvalue weighted by Crippen LogP contribution is -2.49. The Hall–Kier alpha value is -2.57. The van der Waals surface area contributed by atoms with Gasteiger partial charge in [-0.15, -0.1) is 0 Å². The van der Waals surface area contributed by atoms with Gasteiger partial charge in [-0.25, -0.2) is 9.59 Å². The molecule has 0 aliphatic carbocycles. The third-order valence-electron chi connectivity index (χ3n) is 3.17. The largest absolute Gasteiger partial charge is 0.325 e. The molecule has 1 unspecified atom stereocenters. The lowest BCUT2D eigenvalue weighted by atomic mass is 10.1. The molecule has 0 saturated heterocycles. The molecule has 0 fully saturated rings. The molecule has 0 bridgehead atoms. The van der Waals surface area contributed by atoms with Crippen molar-refractivity contribution < 1.29 is 14.4 Å². The predicted molar refractivity (Wildman–Crippen MR) is 86.5 cm³/mol. The van der Waals surface area contributed by atoms with Crippen LogP contribution in [-0.2, 0) is 4.79 Å². The molecule has 7 heteroatoms. The van der Waals surface area contributed by atoms with Crippen molar-refractivity contribution in [1.82, 2.24) is 21.3 Å². The summed E-state index contributed by atoms with van der Waals surface area (Å²) in [4.78, 5) is 37.0. The van der Waals surface area contributed by atoms with Gasteiger partial charge in [-0.1, -0.05) is 44.2 Å². The molecule has 125 valence electrons. The molecule has 1 radical (unpaired) electrons. The van der Waals surface area contributed by atoms with Gasteiger partial charge in [0.05, 0.1) is 0 Å². The molecule has 0 saturated carbocycles. The summed E-state index contributed by atoms with van der Waals surface area (Å²) in [5.74, 6) is -0.947. The maximum absolute atomic E-state index is 12.0. The van der Waals surface area contributed by atoms with E-state index in [0.717, 1.165) is 12.8 Å². The average molecular weight is 319 g/mol. The number of carbonyl (C=O) groups is 3. The van der Waals surface area contributed by atoms with E-state index in [4.69, 9.17) is 5.73 Å². The van der Waals surface area contributed by atoms with Crippen LogP contribution in [0.3, 0.4) is 0 Å². The number of hydrogen-bond donors (Lipinski definition) is 2. The van der Waals surface area contributed by atoms with Crippen molar-refractivity contribution in [3.05, 3.63) is 35.9 Å². The van der Waals surface area contributed by atoms with Gasteiger partial charge in [-0.05, 0) is 18.4 Å². The van der Waals surface area contributed by atoms with Crippen LogP contribution in [0.25, 0.3) is 0 Å². The highest BCUT2D eigenvalue weighted by Gasteiger charge is 2.22. The summed E-state index contributed by atoms with van der Waals surface area (Å²) in [6.45, 7) is 4.99. The minimum atomic E-state index is -1.10. The van der Waals surface area contributed by atoms with Crippen molar-refractivity contribution in [3.8, 4) is 0 Å². The highest BCUT2D eigenvalue weighted by molar-refractivity contribution is 5.95. The monoisotopic (exact) mass is 319 g/mol. The van der Waals surface area contributed by atoms with Crippen LogP contribution in [0.15, 0.2) is 30.3 Å². The molecule has 0 aliphatic heterocycles. The van der Waals surface area contributed by atoms with Gasteiger partial charge in [0, 0.05) is 13.1 Å². The average Bonchev–Trinajstić information content (AvgIpc) is 2.53. The van der Waals surface area contributed by atoms with Crippen LogP contribution < -0.4 is 16.4 Å². The molecule has 5 amide bonds. The number of imide groups is 1. The number of rotatable bonds is 7. The van der Waals surface area contributed by atoms with Gasteiger partial charge >= 0.3 is 12.1 Å². The minimum Gasteiger partial charge on any atom is -0.324 e. The molecule has 1 aromatic carbocycles. The van der Waals surface area contributed by atoms with E-state index in [1.54, 1.807) is 35.2 Å². The molecular formula is C16H23N4O3. The zero-order chi connectivity index (χ0) is 17.2. The molecule has 0 spiro atoms. The third-order valence-corrected chi connectivity index (χ3v) is 3.17. The number of amides is 5. The SMILES string of the molecule is CCCN(CCC)C(=O)NC(=O)NC(C([NH])=O)c1ccccc1. The normalized spacial score (nSPS) is 11.4. The Kier molecular flexibility index (Phi) is 7.59. The van der Waals surface area contributed by atoms with E-state index >= 15 is 0 Å². The van der Waals surface area contributed by atoms with E-state index in [1.165, 1.54) is 0 Å². The second-order valence-electron chi connectivity index (χ2n) is 5.10. The lowest BCUT2D eigenvalue weighted by molar-refractivity contribution is -0.120. The lowest BCUT2D eigenvalue weighted by Gasteiger charge is -2.22. The first kappa shape index (κ1) is 18.5. The van der Waals surface area contributed by atoms with Crippen molar-refractivity contribution in [2.75, 3.05) is 13.1 Å². The van der Waals surface area contributed by atoms with Gasteiger partial charge in [0.1, 0.15) is 6.04 Å². The third kappa shape index (κ3) is 5.98. The summed E-state index contributed by atoms with van der Waals surface area (Å²) >= 11 is 0. The standard InChI is InChI=1S/C16H23N4O3/c1-3-10-20(11-4-2)16(23)19-15(22)18-13(14(17)21)12-8-6-5-7-9-12/h5-9,13,17H,3-4,10-11H2,1-2H3,(H2,18,19,22,23). The molecule has 1 rings (SSSR count). The molecule has 0 aliphatic rings. The Morgan fingerprint density at radius 1 is 1.09 bits per heavy atom. The first-order valence-electron chi connectivity index (χ1n) is 7.66. The molecule has 1 aromatic rings. The van der Waals surface area contributed by atoms with Gasteiger partial charge in [0.2, 0.25) is 0 Å². The summed E-state index contributed by atoms with van der Waals surface area (Å²) in [6.07, 6.45) is 1.57. The molecule has 23 heavy (non-hydrogen) atoms. The predicted octanol–water partition coefficient (Wildman–Crippen LogP) is 2.08. The van der Waals surface area contributed by atoms with Crippen molar-refractivity contribution in [2.24, 2.45) is 0 Å².